The second-order valence-corrected chi connectivity index (χ2v) is 5.29. The van der Waals surface area contributed by atoms with E-state index in [0.29, 0.717) is 17.9 Å². The quantitative estimate of drug-likeness (QED) is 0.622. The summed E-state index contributed by atoms with van der Waals surface area (Å²) in [6.07, 6.45) is 0.532. The third kappa shape index (κ3) is 4.96. The highest BCUT2D eigenvalue weighted by atomic mass is 16.5. The van der Waals surface area contributed by atoms with Crippen LogP contribution < -0.4 is 9.47 Å². The van der Waals surface area contributed by atoms with Crippen LogP contribution in [-0.4, -0.2) is 11.9 Å². The molecule has 0 saturated carbocycles. The number of benzene rings is 2. The zero-order valence-electron chi connectivity index (χ0n) is 13.5. The summed E-state index contributed by atoms with van der Waals surface area (Å²) in [5.74, 6) is -0.145. The van der Waals surface area contributed by atoms with E-state index >= 15 is 0 Å². The molecule has 0 saturated heterocycles. The van der Waals surface area contributed by atoms with Gasteiger partial charge in [0.2, 0.25) is 0 Å². The van der Waals surface area contributed by atoms with Crippen molar-refractivity contribution < 1.29 is 19.1 Å². The van der Waals surface area contributed by atoms with Crippen LogP contribution in [0.4, 0.5) is 0 Å². The minimum Gasteiger partial charge on any atom is -0.427 e. The van der Waals surface area contributed by atoms with E-state index in [4.69, 9.17) is 9.47 Å². The number of nitriles is 1. The van der Waals surface area contributed by atoms with Crippen molar-refractivity contribution >= 4 is 11.9 Å². The summed E-state index contributed by atoms with van der Waals surface area (Å²) in [6, 6.07) is 16.2. The van der Waals surface area contributed by atoms with Crippen molar-refractivity contribution in [3.05, 3.63) is 59.7 Å². The Bertz CT molecular complexity index is 757. The molecule has 5 nitrogen and oxygen atoms in total. The number of esters is 2. The number of carbonyl (C=O) groups is 2. The molecule has 2 aromatic rings. The molecule has 0 unspecified atom stereocenters. The minimum absolute atomic E-state index is 0.323. The molecule has 0 spiro atoms. The zero-order chi connectivity index (χ0) is 17.5. The molecule has 0 aliphatic rings. The first-order chi connectivity index (χ1) is 11.5. The van der Waals surface area contributed by atoms with Crippen LogP contribution in [0.15, 0.2) is 48.5 Å². The second kappa shape index (κ2) is 7.93. The largest absolute Gasteiger partial charge is 0.427 e. The van der Waals surface area contributed by atoms with E-state index in [1.165, 1.54) is 13.8 Å². The van der Waals surface area contributed by atoms with Gasteiger partial charge in [-0.1, -0.05) is 24.3 Å². The molecule has 0 fully saturated rings. The van der Waals surface area contributed by atoms with Gasteiger partial charge in [-0.15, -0.1) is 0 Å². The van der Waals surface area contributed by atoms with Gasteiger partial charge >= 0.3 is 11.9 Å². The number of hydrogen-bond acceptors (Lipinski definition) is 5. The maximum atomic E-state index is 10.9. The summed E-state index contributed by atoms with van der Waals surface area (Å²) in [4.78, 5) is 21.8. The fourth-order valence-corrected chi connectivity index (χ4v) is 2.27. The van der Waals surface area contributed by atoms with Gasteiger partial charge in [0, 0.05) is 13.8 Å². The van der Waals surface area contributed by atoms with E-state index in [0.717, 1.165) is 11.1 Å². The van der Waals surface area contributed by atoms with E-state index < -0.39 is 0 Å². The SMILES string of the molecule is CC(=O)Oc1ccc(C[C@@H](C#N)c2ccc(OC(C)=O)cc2)cc1. The first-order valence-electron chi connectivity index (χ1n) is 7.43. The van der Waals surface area contributed by atoms with Crippen LogP contribution in [0, 0.1) is 11.3 Å². The highest BCUT2D eigenvalue weighted by molar-refractivity contribution is 5.69. The lowest BCUT2D eigenvalue weighted by Gasteiger charge is -2.11. The predicted octanol–water partition coefficient (Wildman–Crippen LogP) is 3.39. The van der Waals surface area contributed by atoms with Gasteiger partial charge in [0.1, 0.15) is 11.5 Å². The highest BCUT2D eigenvalue weighted by Gasteiger charge is 2.12. The van der Waals surface area contributed by atoms with Crippen LogP contribution in [0.2, 0.25) is 0 Å². The van der Waals surface area contributed by atoms with E-state index in [9.17, 15) is 14.9 Å². The van der Waals surface area contributed by atoms with Gasteiger partial charge in [0.25, 0.3) is 0 Å². The lowest BCUT2D eigenvalue weighted by molar-refractivity contribution is -0.132. The molecule has 0 radical (unpaired) electrons. The molecule has 0 bridgehead atoms. The molecule has 0 heterocycles. The topological polar surface area (TPSA) is 76.4 Å². The van der Waals surface area contributed by atoms with Crippen molar-refractivity contribution in [3.8, 4) is 17.6 Å². The number of ether oxygens (including phenoxy) is 2. The maximum Gasteiger partial charge on any atom is 0.308 e. The Morgan fingerprint density at radius 3 is 1.79 bits per heavy atom. The normalized spacial score (nSPS) is 11.2. The van der Waals surface area contributed by atoms with Gasteiger partial charge in [-0.25, -0.2) is 0 Å². The van der Waals surface area contributed by atoms with Crippen molar-refractivity contribution in [2.75, 3.05) is 0 Å². The van der Waals surface area contributed by atoms with Gasteiger partial charge in [0.15, 0.2) is 0 Å². The van der Waals surface area contributed by atoms with Crippen molar-refractivity contribution in [3.63, 3.8) is 0 Å². The van der Waals surface area contributed by atoms with Crippen LogP contribution in [0.25, 0.3) is 0 Å². The number of carbonyl (C=O) groups excluding carboxylic acids is 2. The van der Waals surface area contributed by atoms with Crippen molar-refractivity contribution in [2.24, 2.45) is 0 Å². The van der Waals surface area contributed by atoms with Gasteiger partial charge in [0.05, 0.1) is 12.0 Å². The zero-order valence-corrected chi connectivity index (χ0v) is 13.5. The second-order valence-electron chi connectivity index (χ2n) is 5.29. The Labute approximate surface area is 140 Å². The molecule has 0 aromatic heterocycles. The lowest BCUT2D eigenvalue weighted by Crippen LogP contribution is -2.04. The Morgan fingerprint density at radius 1 is 0.917 bits per heavy atom. The van der Waals surface area contributed by atoms with E-state index in [1.54, 1.807) is 36.4 Å². The van der Waals surface area contributed by atoms with Crippen LogP contribution in [0.3, 0.4) is 0 Å². The molecule has 0 N–H and O–H groups in total. The third-order valence-electron chi connectivity index (χ3n) is 3.32. The minimum atomic E-state index is -0.382. The molecule has 2 aromatic carbocycles. The molecular weight excluding hydrogens is 306 g/mol. The molecule has 24 heavy (non-hydrogen) atoms. The monoisotopic (exact) mass is 323 g/mol. The van der Waals surface area contributed by atoms with Crippen molar-refractivity contribution in [1.29, 1.82) is 5.26 Å². The number of nitrogens with zero attached hydrogens (tertiary/aromatic N) is 1. The third-order valence-corrected chi connectivity index (χ3v) is 3.32. The summed E-state index contributed by atoms with van der Waals surface area (Å²) in [6.45, 7) is 2.69. The Kier molecular flexibility index (Phi) is 5.69. The molecule has 0 aliphatic carbocycles. The first-order valence-corrected chi connectivity index (χ1v) is 7.43. The average molecular weight is 323 g/mol. The smallest absolute Gasteiger partial charge is 0.308 e. The molecule has 0 aliphatic heterocycles. The van der Waals surface area contributed by atoms with Crippen LogP contribution in [0.5, 0.6) is 11.5 Å². The molecule has 122 valence electrons. The summed E-state index contributed by atoms with van der Waals surface area (Å²) in [5, 5.41) is 9.42. The van der Waals surface area contributed by atoms with E-state index in [-0.39, 0.29) is 17.9 Å². The Hall–Kier alpha value is -3.13. The van der Waals surface area contributed by atoms with Crippen molar-refractivity contribution in [1.82, 2.24) is 0 Å². The number of hydrogen-bond donors (Lipinski definition) is 0. The standard InChI is InChI=1S/C19H17NO4/c1-13(21)23-18-7-3-15(4-8-18)11-17(12-20)16-5-9-19(10-6-16)24-14(2)22/h3-10,17H,11H2,1-2H3/t17-/m0/s1. The first kappa shape index (κ1) is 17.2. The summed E-state index contributed by atoms with van der Waals surface area (Å²) in [5.41, 5.74) is 1.80. The lowest BCUT2D eigenvalue weighted by atomic mass is 9.93. The summed E-state index contributed by atoms with van der Waals surface area (Å²) in [7, 11) is 0. The van der Waals surface area contributed by atoms with Gasteiger partial charge in [-0.2, -0.15) is 5.26 Å². The van der Waals surface area contributed by atoms with Crippen LogP contribution in [0.1, 0.15) is 30.9 Å². The Morgan fingerprint density at radius 2 is 1.38 bits per heavy atom. The average Bonchev–Trinajstić information content (AvgIpc) is 2.54. The molecule has 2 rings (SSSR count). The van der Waals surface area contributed by atoms with Crippen molar-refractivity contribution in [2.45, 2.75) is 26.2 Å². The van der Waals surface area contributed by atoms with Gasteiger partial charge in [-0.3, -0.25) is 9.59 Å². The maximum absolute atomic E-state index is 10.9. The predicted molar refractivity (Wildman–Crippen MR) is 87.6 cm³/mol. The summed E-state index contributed by atoms with van der Waals surface area (Å²) >= 11 is 0. The summed E-state index contributed by atoms with van der Waals surface area (Å²) < 4.78 is 9.97. The van der Waals surface area contributed by atoms with E-state index in [2.05, 4.69) is 6.07 Å². The van der Waals surface area contributed by atoms with Gasteiger partial charge < -0.3 is 9.47 Å². The molecule has 5 heteroatoms. The van der Waals surface area contributed by atoms with Gasteiger partial charge in [-0.05, 0) is 41.8 Å². The molecular formula is C19H17NO4. The van der Waals surface area contributed by atoms with E-state index in [1.807, 2.05) is 12.1 Å². The fraction of sp³-hybridized carbons (Fsp3) is 0.211. The van der Waals surface area contributed by atoms with Crippen LogP contribution >= 0.6 is 0 Å². The van der Waals surface area contributed by atoms with Crippen LogP contribution in [-0.2, 0) is 16.0 Å². The molecule has 1 atom stereocenters. The molecule has 0 amide bonds. The number of rotatable bonds is 5. The Balaban J connectivity index is 2.07. The fourth-order valence-electron chi connectivity index (χ4n) is 2.27. The highest BCUT2D eigenvalue weighted by Crippen LogP contribution is 2.24.